The third-order valence-electron chi connectivity index (χ3n) is 6.63. The van der Waals surface area contributed by atoms with Crippen molar-refractivity contribution in [2.45, 2.75) is 32.8 Å². The van der Waals surface area contributed by atoms with Crippen molar-refractivity contribution in [3.8, 4) is 0 Å². The van der Waals surface area contributed by atoms with Gasteiger partial charge in [-0.3, -0.25) is 4.79 Å². The molecule has 0 spiro atoms. The number of amides is 3. The van der Waals surface area contributed by atoms with Crippen LogP contribution in [0.25, 0.3) is 0 Å². The standard InChI is InChI=1S/C29H34N4O3/c1-21-7-6-8-22(2)27(21)31-29(36)33-19-17-32(18-20-33)25-14-12-24(13-15-25)30-28(35)26(34)16-11-23-9-4-3-5-10-23/h3-10,12-15,26,34H,11,16-20H2,1-2H3,(H,30,35)(H,31,36). The van der Waals surface area contributed by atoms with Gasteiger partial charge >= 0.3 is 6.03 Å². The minimum absolute atomic E-state index is 0.0732. The van der Waals surface area contributed by atoms with Gasteiger partial charge in [-0.15, -0.1) is 0 Å². The van der Waals surface area contributed by atoms with E-state index in [1.54, 1.807) is 0 Å². The third-order valence-corrected chi connectivity index (χ3v) is 6.63. The van der Waals surface area contributed by atoms with E-state index in [2.05, 4.69) is 15.5 Å². The van der Waals surface area contributed by atoms with Crippen LogP contribution in [0.15, 0.2) is 72.8 Å². The molecule has 1 aliphatic rings. The molecule has 1 fully saturated rings. The van der Waals surface area contributed by atoms with Crippen LogP contribution in [0, 0.1) is 13.8 Å². The van der Waals surface area contributed by atoms with E-state index >= 15 is 0 Å². The van der Waals surface area contributed by atoms with E-state index in [0.29, 0.717) is 31.6 Å². The van der Waals surface area contributed by atoms with Crippen molar-refractivity contribution in [1.82, 2.24) is 4.90 Å². The molecule has 0 radical (unpaired) electrons. The zero-order valence-corrected chi connectivity index (χ0v) is 20.9. The molecule has 36 heavy (non-hydrogen) atoms. The largest absolute Gasteiger partial charge is 0.383 e. The smallest absolute Gasteiger partial charge is 0.321 e. The number of carbonyl (C=O) groups excluding carboxylic acids is 2. The Hall–Kier alpha value is -3.84. The molecule has 3 N–H and O–H groups in total. The van der Waals surface area contributed by atoms with E-state index < -0.39 is 12.0 Å². The lowest BCUT2D eigenvalue weighted by molar-refractivity contribution is -0.124. The molecule has 0 bridgehead atoms. The van der Waals surface area contributed by atoms with Crippen LogP contribution in [0.3, 0.4) is 0 Å². The molecular weight excluding hydrogens is 452 g/mol. The number of hydrogen-bond acceptors (Lipinski definition) is 4. The highest BCUT2D eigenvalue weighted by Crippen LogP contribution is 2.22. The molecule has 7 heteroatoms. The average molecular weight is 487 g/mol. The maximum atomic E-state index is 12.8. The fraction of sp³-hybridized carbons (Fsp3) is 0.310. The molecule has 1 saturated heterocycles. The van der Waals surface area contributed by atoms with Crippen molar-refractivity contribution in [2.75, 3.05) is 41.7 Å². The Labute approximate surface area is 212 Å². The van der Waals surface area contributed by atoms with Crippen LogP contribution < -0.4 is 15.5 Å². The number of urea groups is 1. The van der Waals surface area contributed by atoms with Gasteiger partial charge in [-0.2, -0.15) is 0 Å². The lowest BCUT2D eigenvalue weighted by Gasteiger charge is -2.36. The Bertz CT molecular complexity index is 1150. The van der Waals surface area contributed by atoms with E-state index in [0.717, 1.165) is 41.2 Å². The zero-order chi connectivity index (χ0) is 25.5. The molecular formula is C29H34N4O3. The molecule has 4 rings (SSSR count). The van der Waals surface area contributed by atoms with Gasteiger partial charge in [0.2, 0.25) is 0 Å². The quantitative estimate of drug-likeness (QED) is 0.456. The van der Waals surface area contributed by atoms with E-state index in [4.69, 9.17) is 0 Å². The molecule has 3 amide bonds. The van der Waals surface area contributed by atoms with Crippen LogP contribution in [-0.2, 0) is 11.2 Å². The van der Waals surface area contributed by atoms with Gasteiger partial charge in [0.15, 0.2) is 0 Å². The topological polar surface area (TPSA) is 84.9 Å². The Kier molecular flexibility index (Phi) is 8.23. The van der Waals surface area contributed by atoms with Crippen molar-refractivity contribution in [3.05, 3.63) is 89.5 Å². The van der Waals surface area contributed by atoms with Gasteiger partial charge in [-0.1, -0.05) is 48.5 Å². The minimum Gasteiger partial charge on any atom is -0.383 e. The Morgan fingerprint density at radius 3 is 2.11 bits per heavy atom. The van der Waals surface area contributed by atoms with E-state index in [9.17, 15) is 14.7 Å². The molecule has 1 unspecified atom stereocenters. The minimum atomic E-state index is -1.06. The number of hydrogen-bond donors (Lipinski definition) is 3. The second-order valence-corrected chi connectivity index (χ2v) is 9.25. The van der Waals surface area contributed by atoms with Crippen LogP contribution >= 0.6 is 0 Å². The van der Waals surface area contributed by atoms with Gasteiger partial charge < -0.3 is 25.5 Å². The molecule has 7 nitrogen and oxygen atoms in total. The van der Waals surface area contributed by atoms with Gasteiger partial charge in [-0.25, -0.2) is 4.79 Å². The summed E-state index contributed by atoms with van der Waals surface area (Å²) in [5.74, 6) is -0.401. The molecule has 1 aliphatic heterocycles. The van der Waals surface area contributed by atoms with Crippen LogP contribution in [0.4, 0.5) is 21.9 Å². The normalized spacial score (nSPS) is 14.3. The lowest BCUT2D eigenvalue weighted by atomic mass is 10.1. The number of aliphatic hydroxyl groups excluding tert-OH is 1. The molecule has 0 aliphatic carbocycles. The van der Waals surface area contributed by atoms with Gasteiger partial charge in [0, 0.05) is 43.2 Å². The maximum Gasteiger partial charge on any atom is 0.321 e. The van der Waals surface area contributed by atoms with Gasteiger partial charge in [-0.05, 0) is 67.6 Å². The van der Waals surface area contributed by atoms with Crippen LogP contribution in [-0.4, -0.2) is 54.2 Å². The van der Waals surface area contributed by atoms with Crippen LogP contribution in [0.2, 0.25) is 0 Å². The number of anilines is 3. The predicted molar refractivity (Wildman–Crippen MR) is 145 cm³/mol. The zero-order valence-electron chi connectivity index (χ0n) is 20.9. The first-order valence-electron chi connectivity index (χ1n) is 12.4. The summed E-state index contributed by atoms with van der Waals surface area (Å²) in [7, 11) is 0. The highest BCUT2D eigenvalue weighted by molar-refractivity contribution is 5.94. The molecule has 188 valence electrons. The first-order chi connectivity index (χ1) is 17.4. The molecule has 1 atom stereocenters. The average Bonchev–Trinajstić information content (AvgIpc) is 2.90. The number of para-hydroxylation sites is 1. The van der Waals surface area contributed by atoms with Crippen molar-refractivity contribution >= 4 is 29.0 Å². The number of aliphatic hydroxyl groups is 1. The summed E-state index contributed by atoms with van der Waals surface area (Å²) in [6.45, 7) is 6.70. The lowest BCUT2D eigenvalue weighted by Crippen LogP contribution is -2.50. The predicted octanol–water partition coefficient (Wildman–Crippen LogP) is 4.59. The number of benzene rings is 3. The number of piperazine rings is 1. The SMILES string of the molecule is Cc1cccc(C)c1NC(=O)N1CCN(c2ccc(NC(=O)C(O)CCc3ccccc3)cc2)CC1. The summed E-state index contributed by atoms with van der Waals surface area (Å²) in [5.41, 5.74) is 5.77. The number of nitrogens with zero attached hydrogens (tertiary/aromatic N) is 2. The highest BCUT2D eigenvalue weighted by atomic mass is 16.3. The fourth-order valence-corrected chi connectivity index (χ4v) is 4.43. The third kappa shape index (κ3) is 6.43. The number of carbonyl (C=O) groups is 2. The fourth-order valence-electron chi connectivity index (χ4n) is 4.43. The highest BCUT2D eigenvalue weighted by Gasteiger charge is 2.22. The van der Waals surface area contributed by atoms with Crippen molar-refractivity contribution in [3.63, 3.8) is 0 Å². The Morgan fingerprint density at radius 2 is 1.47 bits per heavy atom. The van der Waals surface area contributed by atoms with Crippen LogP contribution in [0.1, 0.15) is 23.1 Å². The summed E-state index contributed by atoms with van der Waals surface area (Å²) in [5, 5.41) is 16.1. The van der Waals surface area contributed by atoms with Gasteiger partial charge in [0.25, 0.3) is 5.91 Å². The monoisotopic (exact) mass is 486 g/mol. The summed E-state index contributed by atoms with van der Waals surface area (Å²) in [6.07, 6.45) is -0.0504. The van der Waals surface area contributed by atoms with Crippen molar-refractivity contribution < 1.29 is 14.7 Å². The first kappa shape index (κ1) is 25.3. The second kappa shape index (κ2) is 11.7. The summed E-state index contributed by atoms with van der Waals surface area (Å²) in [6, 6.07) is 23.3. The molecule has 3 aromatic carbocycles. The Balaban J connectivity index is 1.24. The number of aryl methyl sites for hydroxylation is 3. The number of rotatable bonds is 7. The summed E-state index contributed by atoms with van der Waals surface area (Å²) in [4.78, 5) is 29.2. The molecule has 3 aromatic rings. The molecule has 1 heterocycles. The summed E-state index contributed by atoms with van der Waals surface area (Å²) < 4.78 is 0. The van der Waals surface area contributed by atoms with E-state index in [1.165, 1.54) is 0 Å². The van der Waals surface area contributed by atoms with Gasteiger partial charge in [0.05, 0.1) is 0 Å². The summed E-state index contributed by atoms with van der Waals surface area (Å²) >= 11 is 0. The second-order valence-electron chi connectivity index (χ2n) is 9.25. The van der Waals surface area contributed by atoms with Crippen molar-refractivity contribution in [1.29, 1.82) is 0 Å². The Morgan fingerprint density at radius 1 is 0.833 bits per heavy atom. The van der Waals surface area contributed by atoms with E-state index in [1.807, 2.05) is 91.5 Å². The van der Waals surface area contributed by atoms with Crippen molar-refractivity contribution in [2.24, 2.45) is 0 Å². The maximum absolute atomic E-state index is 12.8. The van der Waals surface area contributed by atoms with E-state index in [-0.39, 0.29) is 6.03 Å². The molecule has 0 aromatic heterocycles. The number of nitrogens with one attached hydrogen (secondary N) is 2. The van der Waals surface area contributed by atoms with Crippen LogP contribution in [0.5, 0.6) is 0 Å². The van der Waals surface area contributed by atoms with Gasteiger partial charge in [0.1, 0.15) is 6.10 Å². The first-order valence-corrected chi connectivity index (χ1v) is 12.4. The molecule has 0 saturated carbocycles.